The van der Waals surface area contributed by atoms with E-state index in [0.29, 0.717) is 37.2 Å². The molecule has 0 amide bonds. The van der Waals surface area contributed by atoms with Crippen LogP contribution in [0.3, 0.4) is 0 Å². The van der Waals surface area contributed by atoms with Gasteiger partial charge in [-0.2, -0.15) is 0 Å². The third-order valence-corrected chi connectivity index (χ3v) is 3.75. The number of hydrogen-bond donors (Lipinski definition) is 0. The summed E-state index contributed by atoms with van der Waals surface area (Å²) in [4.78, 5) is 22.6. The Morgan fingerprint density at radius 3 is 1.41 bits per heavy atom. The molecule has 2 rings (SSSR count). The molecule has 2 aromatic rings. The minimum Gasteiger partial charge on any atom is -0.457 e. The van der Waals surface area contributed by atoms with E-state index in [2.05, 4.69) is 22.6 Å². The molecule has 0 heterocycles. The maximum absolute atomic E-state index is 11.3. The SMILES string of the molecule is C=COC(=O)CCc1ccc(Oc2ccc(CCC(=O)OC=C)cc2)cc1. The number of aryl methyl sites for hydroxylation is 2. The summed E-state index contributed by atoms with van der Waals surface area (Å²) in [5, 5.41) is 0. The molecular formula is C22H22O5. The molecule has 0 saturated heterocycles. The van der Waals surface area contributed by atoms with Crippen molar-refractivity contribution in [1.82, 2.24) is 0 Å². The Kier molecular flexibility index (Phi) is 7.85. The van der Waals surface area contributed by atoms with E-state index in [1.165, 1.54) is 0 Å². The lowest BCUT2D eigenvalue weighted by molar-refractivity contribution is -0.138. The van der Waals surface area contributed by atoms with Crippen molar-refractivity contribution < 1.29 is 23.8 Å². The van der Waals surface area contributed by atoms with E-state index < -0.39 is 0 Å². The van der Waals surface area contributed by atoms with Gasteiger partial charge in [-0.05, 0) is 48.2 Å². The van der Waals surface area contributed by atoms with Gasteiger partial charge >= 0.3 is 11.9 Å². The molecule has 0 aliphatic rings. The van der Waals surface area contributed by atoms with Crippen molar-refractivity contribution in [2.24, 2.45) is 0 Å². The Morgan fingerprint density at radius 1 is 0.704 bits per heavy atom. The summed E-state index contributed by atoms with van der Waals surface area (Å²) in [6.07, 6.45) is 4.06. The van der Waals surface area contributed by atoms with Crippen molar-refractivity contribution in [2.75, 3.05) is 0 Å². The van der Waals surface area contributed by atoms with Gasteiger partial charge in [0, 0.05) is 12.8 Å². The number of carbonyl (C=O) groups excluding carboxylic acids is 2. The second-order valence-corrected chi connectivity index (χ2v) is 5.70. The summed E-state index contributed by atoms with van der Waals surface area (Å²) < 4.78 is 15.2. The lowest BCUT2D eigenvalue weighted by atomic mass is 10.1. The van der Waals surface area contributed by atoms with Crippen molar-refractivity contribution in [2.45, 2.75) is 25.7 Å². The maximum Gasteiger partial charge on any atom is 0.310 e. The molecular weight excluding hydrogens is 344 g/mol. The zero-order valence-electron chi connectivity index (χ0n) is 15.1. The van der Waals surface area contributed by atoms with E-state index in [9.17, 15) is 9.59 Å². The van der Waals surface area contributed by atoms with Gasteiger partial charge in [0.2, 0.25) is 0 Å². The van der Waals surface area contributed by atoms with Crippen molar-refractivity contribution in [3.8, 4) is 11.5 Å². The first-order valence-electron chi connectivity index (χ1n) is 8.57. The second kappa shape index (κ2) is 10.6. The van der Waals surface area contributed by atoms with Crippen molar-refractivity contribution in [3.63, 3.8) is 0 Å². The van der Waals surface area contributed by atoms with Gasteiger partial charge in [0.05, 0.1) is 12.5 Å². The Balaban J connectivity index is 1.84. The summed E-state index contributed by atoms with van der Waals surface area (Å²) in [7, 11) is 0. The van der Waals surface area contributed by atoms with Crippen LogP contribution in [0.5, 0.6) is 11.5 Å². The number of ether oxygens (including phenoxy) is 3. The van der Waals surface area contributed by atoms with Crippen molar-refractivity contribution in [1.29, 1.82) is 0 Å². The van der Waals surface area contributed by atoms with Gasteiger partial charge in [0.1, 0.15) is 11.5 Å². The second-order valence-electron chi connectivity index (χ2n) is 5.70. The lowest BCUT2D eigenvalue weighted by Crippen LogP contribution is -2.01. The monoisotopic (exact) mass is 366 g/mol. The number of benzene rings is 2. The average Bonchev–Trinajstić information content (AvgIpc) is 2.67. The Labute approximate surface area is 158 Å². The van der Waals surface area contributed by atoms with Gasteiger partial charge < -0.3 is 14.2 Å². The van der Waals surface area contributed by atoms with Crippen LogP contribution in [0.4, 0.5) is 0 Å². The van der Waals surface area contributed by atoms with Gasteiger partial charge in [-0.25, -0.2) is 0 Å². The van der Waals surface area contributed by atoms with Crippen LogP contribution in [-0.2, 0) is 31.9 Å². The summed E-state index contributed by atoms with van der Waals surface area (Å²) in [6, 6.07) is 15.1. The summed E-state index contributed by atoms with van der Waals surface area (Å²) in [6.45, 7) is 6.71. The van der Waals surface area contributed by atoms with Crippen LogP contribution in [0, 0.1) is 0 Å². The number of hydrogen-bond acceptors (Lipinski definition) is 5. The predicted molar refractivity (Wildman–Crippen MR) is 102 cm³/mol. The molecule has 5 nitrogen and oxygen atoms in total. The molecule has 0 aromatic heterocycles. The van der Waals surface area contributed by atoms with Crippen LogP contribution in [0.1, 0.15) is 24.0 Å². The fourth-order valence-electron chi connectivity index (χ4n) is 2.38. The molecule has 0 bridgehead atoms. The molecule has 0 N–H and O–H groups in total. The molecule has 0 aliphatic carbocycles. The average molecular weight is 366 g/mol. The normalized spacial score (nSPS) is 9.93. The van der Waals surface area contributed by atoms with Crippen LogP contribution in [0.25, 0.3) is 0 Å². The Hall–Kier alpha value is -3.34. The van der Waals surface area contributed by atoms with E-state index in [-0.39, 0.29) is 11.9 Å². The number of rotatable bonds is 10. The van der Waals surface area contributed by atoms with E-state index in [1.807, 2.05) is 48.5 Å². The molecule has 5 heteroatoms. The quantitative estimate of drug-likeness (QED) is 0.450. The highest BCUT2D eigenvalue weighted by Gasteiger charge is 2.05. The highest BCUT2D eigenvalue weighted by molar-refractivity contribution is 5.70. The van der Waals surface area contributed by atoms with Gasteiger partial charge in [-0.15, -0.1) is 0 Å². The van der Waals surface area contributed by atoms with E-state index in [4.69, 9.17) is 4.74 Å². The van der Waals surface area contributed by atoms with Gasteiger partial charge in [0.25, 0.3) is 0 Å². The largest absolute Gasteiger partial charge is 0.457 e. The fraction of sp³-hybridized carbons (Fsp3) is 0.182. The number of carbonyl (C=O) groups is 2. The highest BCUT2D eigenvalue weighted by Crippen LogP contribution is 2.23. The zero-order chi connectivity index (χ0) is 19.5. The van der Waals surface area contributed by atoms with Gasteiger partial charge in [-0.3, -0.25) is 9.59 Å². The molecule has 0 spiro atoms. The van der Waals surface area contributed by atoms with Gasteiger partial charge in [-0.1, -0.05) is 37.4 Å². The standard InChI is InChI=1S/C22H22O5/c1-3-25-21(23)15-9-17-5-11-19(12-6-17)27-20-13-7-18(8-14-20)10-16-22(24)26-4-2/h3-8,11-14H,1-2,9-10,15-16H2. The Morgan fingerprint density at radius 2 is 1.07 bits per heavy atom. The van der Waals surface area contributed by atoms with Crippen LogP contribution >= 0.6 is 0 Å². The smallest absolute Gasteiger partial charge is 0.310 e. The molecule has 0 aliphatic heterocycles. The third-order valence-electron chi connectivity index (χ3n) is 3.75. The van der Waals surface area contributed by atoms with Crippen molar-refractivity contribution >= 4 is 11.9 Å². The van der Waals surface area contributed by atoms with Gasteiger partial charge in [0.15, 0.2) is 0 Å². The Bertz CT molecular complexity index is 708. The molecule has 140 valence electrons. The first kappa shape index (κ1) is 20.0. The fourth-order valence-corrected chi connectivity index (χ4v) is 2.38. The topological polar surface area (TPSA) is 61.8 Å². The van der Waals surface area contributed by atoms with Crippen LogP contribution < -0.4 is 4.74 Å². The highest BCUT2D eigenvalue weighted by atomic mass is 16.5. The van der Waals surface area contributed by atoms with E-state index >= 15 is 0 Å². The molecule has 2 aromatic carbocycles. The third kappa shape index (κ3) is 7.20. The first-order chi connectivity index (χ1) is 13.1. The number of esters is 2. The predicted octanol–water partition coefficient (Wildman–Crippen LogP) is 4.72. The molecule has 0 unspecified atom stereocenters. The lowest BCUT2D eigenvalue weighted by Gasteiger charge is -2.08. The summed E-state index contributed by atoms with van der Waals surface area (Å²) in [5.74, 6) is 0.802. The molecule has 27 heavy (non-hydrogen) atoms. The van der Waals surface area contributed by atoms with E-state index in [0.717, 1.165) is 23.7 Å². The van der Waals surface area contributed by atoms with Crippen LogP contribution in [0.2, 0.25) is 0 Å². The van der Waals surface area contributed by atoms with Crippen molar-refractivity contribution in [3.05, 3.63) is 85.3 Å². The van der Waals surface area contributed by atoms with Crippen LogP contribution in [-0.4, -0.2) is 11.9 Å². The molecule has 0 radical (unpaired) electrons. The molecule has 0 saturated carbocycles. The summed E-state index contributed by atoms with van der Waals surface area (Å²) in [5.41, 5.74) is 2.04. The zero-order valence-corrected chi connectivity index (χ0v) is 15.1. The minimum absolute atomic E-state index is 0.300. The van der Waals surface area contributed by atoms with Crippen LogP contribution in [0.15, 0.2) is 74.2 Å². The molecule has 0 atom stereocenters. The first-order valence-corrected chi connectivity index (χ1v) is 8.57. The molecule has 0 fully saturated rings. The minimum atomic E-state index is -0.303. The van der Waals surface area contributed by atoms with E-state index in [1.54, 1.807) is 0 Å². The summed E-state index contributed by atoms with van der Waals surface area (Å²) >= 11 is 0. The maximum atomic E-state index is 11.3.